The summed E-state index contributed by atoms with van der Waals surface area (Å²) in [4.78, 5) is 22.2. The maximum atomic E-state index is 12.0. The molecule has 1 aromatic heterocycles. The Hall–Kier alpha value is -2.62. The lowest BCUT2D eigenvalue weighted by Crippen LogP contribution is -2.01. The van der Waals surface area contributed by atoms with Crippen molar-refractivity contribution in [3.8, 4) is 0 Å². The molecule has 0 spiro atoms. The number of fused-ring (bicyclic) bond motifs is 2. The van der Waals surface area contributed by atoms with E-state index in [-0.39, 0.29) is 11.4 Å². The van der Waals surface area contributed by atoms with Crippen LogP contribution in [0.5, 0.6) is 0 Å². The molecule has 0 aliphatic heterocycles. The van der Waals surface area contributed by atoms with Gasteiger partial charge in [-0.1, -0.05) is 31.2 Å². The van der Waals surface area contributed by atoms with Crippen molar-refractivity contribution in [3.05, 3.63) is 58.8 Å². The monoisotopic (exact) mass is 298 g/mol. The van der Waals surface area contributed by atoms with Gasteiger partial charge < -0.3 is 9.15 Å². The summed E-state index contributed by atoms with van der Waals surface area (Å²) in [6, 6.07) is 14.6. The van der Waals surface area contributed by atoms with Crippen molar-refractivity contribution in [1.29, 1.82) is 0 Å². The van der Waals surface area contributed by atoms with Crippen LogP contribution in [0.15, 0.2) is 57.7 Å². The van der Waals surface area contributed by atoms with Crippen LogP contribution >= 0.6 is 0 Å². The van der Waals surface area contributed by atoms with E-state index >= 15 is 0 Å². The molecular formula is C18H18O4. The fourth-order valence-corrected chi connectivity index (χ4v) is 2.01. The number of carbonyl (C=O) groups is 1. The molecule has 4 heteroatoms. The van der Waals surface area contributed by atoms with E-state index in [9.17, 15) is 9.59 Å². The molecule has 4 nitrogen and oxygen atoms in total. The Bertz CT molecular complexity index is 776. The average molecular weight is 298 g/mol. The van der Waals surface area contributed by atoms with Crippen molar-refractivity contribution < 1.29 is 13.9 Å². The number of hydrogen-bond donors (Lipinski definition) is 0. The Morgan fingerprint density at radius 3 is 1.86 bits per heavy atom. The fraction of sp³-hybridized carbons (Fsp3) is 0.222. The zero-order valence-electron chi connectivity index (χ0n) is 12.7. The third-order valence-corrected chi connectivity index (χ3v) is 3.08. The zero-order valence-corrected chi connectivity index (χ0v) is 12.7. The molecule has 22 heavy (non-hydrogen) atoms. The average Bonchev–Trinajstić information content (AvgIpc) is 2.56. The summed E-state index contributed by atoms with van der Waals surface area (Å²) in [5, 5.41) is 1.27. The normalized spacial score (nSPS) is 10.1. The summed E-state index contributed by atoms with van der Waals surface area (Å²) in [5.41, 5.74) is 1.31. The minimum atomic E-state index is -0.123. The van der Waals surface area contributed by atoms with E-state index in [1.165, 1.54) is 0 Å². The van der Waals surface area contributed by atoms with Crippen LogP contribution in [0.25, 0.3) is 21.9 Å². The van der Waals surface area contributed by atoms with E-state index in [4.69, 9.17) is 4.42 Å². The summed E-state index contributed by atoms with van der Waals surface area (Å²) in [7, 11) is 0. The summed E-state index contributed by atoms with van der Waals surface area (Å²) >= 11 is 0. The molecule has 0 aliphatic carbocycles. The molecular weight excluding hydrogens is 280 g/mol. The quantitative estimate of drug-likeness (QED) is 0.532. The van der Waals surface area contributed by atoms with Gasteiger partial charge in [-0.05, 0) is 31.2 Å². The number of rotatable bonds is 2. The van der Waals surface area contributed by atoms with Crippen molar-refractivity contribution >= 4 is 27.9 Å². The van der Waals surface area contributed by atoms with Gasteiger partial charge in [0.25, 0.3) is 0 Å². The Balaban J connectivity index is 0.000000217. The van der Waals surface area contributed by atoms with Crippen molar-refractivity contribution in [1.82, 2.24) is 0 Å². The first-order valence-electron chi connectivity index (χ1n) is 7.23. The van der Waals surface area contributed by atoms with Gasteiger partial charge >= 0.3 is 5.97 Å². The lowest BCUT2D eigenvalue weighted by Gasteiger charge is -1.99. The molecule has 0 aliphatic rings. The van der Waals surface area contributed by atoms with Crippen LogP contribution < -0.4 is 5.43 Å². The fourth-order valence-electron chi connectivity index (χ4n) is 2.01. The molecule has 0 unspecified atom stereocenters. The number of para-hydroxylation sites is 2. The van der Waals surface area contributed by atoms with Crippen LogP contribution in [0.2, 0.25) is 0 Å². The highest BCUT2D eigenvalue weighted by Crippen LogP contribution is 2.17. The van der Waals surface area contributed by atoms with E-state index in [0.29, 0.717) is 35.0 Å². The predicted molar refractivity (Wildman–Crippen MR) is 86.9 cm³/mol. The SMILES string of the molecule is CCOC(=O)CC.O=c1c2ccccc2oc2ccccc12. The van der Waals surface area contributed by atoms with Crippen LogP contribution in [0, 0.1) is 0 Å². The largest absolute Gasteiger partial charge is 0.466 e. The minimum Gasteiger partial charge on any atom is -0.466 e. The Morgan fingerprint density at radius 2 is 1.45 bits per heavy atom. The van der Waals surface area contributed by atoms with E-state index in [2.05, 4.69) is 4.74 Å². The second-order valence-corrected chi connectivity index (χ2v) is 4.58. The number of benzene rings is 2. The topological polar surface area (TPSA) is 56.5 Å². The smallest absolute Gasteiger partial charge is 0.305 e. The maximum absolute atomic E-state index is 12.0. The van der Waals surface area contributed by atoms with E-state index in [1.807, 2.05) is 36.4 Å². The Labute approximate surface area is 128 Å². The summed E-state index contributed by atoms with van der Waals surface area (Å²) in [6.07, 6.45) is 0.480. The van der Waals surface area contributed by atoms with Gasteiger partial charge in [0, 0.05) is 6.42 Å². The van der Waals surface area contributed by atoms with Crippen molar-refractivity contribution in [2.24, 2.45) is 0 Å². The molecule has 0 saturated carbocycles. The van der Waals surface area contributed by atoms with Gasteiger partial charge in [0.05, 0.1) is 17.4 Å². The lowest BCUT2D eigenvalue weighted by atomic mass is 10.1. The molecule has 0 atom stereocenters. The molecule has 1 heterocycles. The first kappa shape index (κ1) is 15.8. The minimum absolute atomic E-state index is 0.0347. The summed E-state index contributed by atoms with van der Waals surface area (Å²) in [6.45, 7) is 4.07. The Morgan fingerprint density at radius 1 is 0.955 bits per heavy atom. The molecule has 3 rings (SSSR count). The summed E-state index contributed by atoms with van der Waals surface area (Å²) < 4.78 is 10.2. The van der Waals surface area contributed by atoms with Gasteiger partial charge in [0.15, 0.2) is 0 Å². The number of ether oxygens (including phenoxy) is 1. The lowest BCUT2D eigenvalue weighted by molar-refractivity contribution is -0.142. The maximum Gasteiger partial charge on any atom is 0.305 e. The summed E-state index contributed by atoms with van der Waals surface area (Å²) in [5.74, 6) is -0.123. The predicted octanol–water partition coefficient (Wildman–Crippen LogP) is 3.91. The van der Waals surface area contributed by atoms with Gasteiger partial charge in [-0.3, -0.25) is 9.59 Å². The first-order valence-corrected chi connectivity index (χ1v) is 7.23. The van der Waals surface area contributed by atoms with Gasteiger partial charge in [-0.15, -0.1) is 0 Å². The van der Waals surface area contributed by atoms with Gasteiger partial charge in [0.2, 0.25) is 5.43 Å². The standard InChI is InChI=1S/C13H8O2.C5H10O2/c14-13-9-5-1-3-7-11(9)15-12-8-4-2-6-10(12)13;1-3-5(6)7-4-2/h1-8H;3-4H2,1-2H3. The molecule has 0 fully saturated rings. The van der Waals surface area contributed by atoms with E-state index in [1.54, 1.807) is 26.0 Å². The molecule has 3 aromatic rings. The van der Waals surface area contributed by atoms with Gasteiger partial charge in [-0.2, -0.15) is 0 Å². The van der Waals surface area contributed by atoms with Crippen LogP contribution in [0.3, 0.4) is 0 Å². The number of esters is 1. The van der Waals surface area contributed by atoms with Gasteiger partial charge in [0.1, 0.15) is 11.2 Å². The highest BCUT2D eigenvalue weighted by atomic mass is 16.5. The molecule has 0 saturated heterocycles. The van der Waals surface area contributed by atoms with E-state index < -0.39 is 0 Å². The molecule has 0 N–H and O–H groups in total. The van der Waals surface area contributed by atoms with Gasteiger partial charge in [-0.25, -0.2) is 0 Å². The Kier molecular flexibility index (Phi) is 5.31. The number of carbonyl (C=O) groups excluding carboxylic acids is 1. The number of hydrogen-bond acceptors (Lipinski definition) is 4. The molecule has 2 aromatic carbocycles. The first-order chi connectivity index (χ1) is 10.7. The van der Waals surface area contributed by atoms with Crippen molar-refractivity contribution in [3.63, 3.8) is 0 Å². The highest BCUT2D eigenvalue weighted by molar-refractivity contribution is 5.89. The second-order valence-electron chi connectivity index (χ2n) is 4.58. The molecule has 0 radical (unpaired) electrons. The van der Waals surface area contributed by atoms with Crippen molar-refractivity contribution in [2.75, 3.05) is 6.61 Å². The molecule has 0 bridgehead atoms. The molecule has 114 valence electrons. The third-order valence-electron chi connectivity index (χ3n) is 3.08. The third kappa shape index (κ3) is 3.52. The van der Waals surface area contributed by atoms with Crippen LogP contribution in [-0.4, -0.2) is 12.6 Å². The van der Waals surface area contributed by atoms with Crippen molar-refractivity contribution in [2.45, 2.75) is 20.3 Å². The zero-order chi connectivity index (χ0) is 15.9. The van der Waals surface area contributed by atoms with E-state index in [0.717, 1.165) is 0 Å². The highest BCUT2D eigenvalue weighted by Gasteiger charge is 2.04. The van der Waals surface area contributed by atoms with Crippen LogP contribution in [0.4, 0.5) is 0 Å². The second kappa shape index (κ2) is 7.41. The van der Waals surface area contributed by atoms with Crippen LogP contribution in [-0.2, 0) is 9.53 Å². The van der Waals surface area contributed by atoms with Crippen LogP contribution in [0.1, 0.15) is 20.3 Å². The molecule has 0 amide bonds.